The number of hydrogen-bond acceptors (Lipinski definition) is 7. The number of carbonyl (C=O) groups excluding carboxylic acids is 3. The van der Waals surface area contributed by atoms with Crippen molar-refractivity contribution in [1.82, 2.24) is 5.32 Å². The topological polar surface area (TPSA) is 128 Å². The van der Waals surface area contributed by atoms with Crippen molar-refractivity contribution < 1.29 is 38.1 Å². The number of methoxy groups -OCH3 is 2. The molecule has 0 heterocycles. The summed E-state index contributed by atoms with van der Waals surface area (Å²) >= 11 is 0. The number of esters is 2. The zero-order chi connectivity index (χ0) is 21.0. The van der Waals surface area contributed by atoms with E-state index in [1.807, 2.05) is 6.07 Å². The fraction of sp³-hybridized carbons (Fsp3) is 0.500. The highest BCUT2D eigenvalue weighted by Gasteiger charge is 2.27. The highest BCUT2D eigenvalue weighted by molar-refractivity contribution is 7.57. The largest absolute Gasteiger partial charge is 0.469 e. The molecule has 2 N–H and O–H groups in total. The molecular weight excluding hydrogens is 389 g/mol. The standard InChI is InChI=1S/C18H26NO8P/c1-25-16(20)9-6-11-28(23,24)12-10-15(17(21)26-2)19-18(22)27-13-14-7-4-3-5-8-14/h3-5,7-8,15H,6,9-13H2,1-2H3,(H,19,22)(H,23,24)/t15-/m0/s1. The maximum Gasteiger partial charge on any atom is 0.408 e. The Morgan fingerprint density at radius 2 is 1.79 bits per heavy atom. The lowest BCUT2D eigenvalue weighted by Gasteiger charge is -2.18. The molecule has 28 heavy (non-hydrogen) atoms. The van der Waals surface area contributed by atoms with E-state index in [1.54, 1.807) is 24.3 Å². The summed E-state index contributed by atoms with van der Waals surface area (Å²) in [5.74, 6) is -1.21. The molecule has 1 amide bonds. The molecule has 0 saturated carbocycles. The van der Waals surface area contributed by atoms with Gasteiger partial charge in [0.25, 0.3) is 0 Å². The molecule has 0 bridgehead atoms. The Morgan fingerprint density at radius 1 is 1.11 bits per heavy atom. The van der Waals surface area contributed by atoms with Crippen LogP contribution in [0.15, 0.2) is 30.3 Å². The maximum absolute atomic E-state index is 12.2. The van der Waals surface area contributed by atoms with Gasteiger partial charge in [0.15, 0.2) is 0 Å². The van der Waals surface area contributed by atoms with Gasteiger partial charge in [-0.25, -0.2) is 9.59 Å². The first-order valence-corrected chi connectivity index (χ1v) is 10.7. The van der Waals surface area contributed by atoms with Crippen LogP contribution in [-0.2, 0) is 35.0 Å². The van der Waals surface area contributed by atoms with Gasteiger partial charge in [-0.1, -0.05) is 30.3 Å². The summed E-state index contributed by atoms with van der Waals surface area (Å²) in [5, 5.41) is 2.35. The third-order valence-electron chi connectivity index (χ3n) is 3.87. The fourth-order valence-electron chi connectivity index (χ4n) is 2.31. The van der Waals surface area contributed by atoms with Gasteiger partial charge in [0.05, 0.1) is 14.2 Å². The van der Waals surface area contributed by atoms with Crippen molar-refractivity contribution in [3.05, 3.63) is 35.9 Å². The van der Waals surface area contributed by atoms with Crippen LogP contribution in [0.3, 0.4) is 0 Å². The third-order valence-corrected chi connectivity index (χ3v) is 5.85. The van der Waals surface area contributed by atoms with Crippen molar-refractivity contribution in [2.24, 2.45) is 0 Å². The van der Waals surface area contributed by atoms with E-state index in [0.717, 1.165) is 12.7 Å². The van der Waals surface area contributed by atoms with Gasteiger partial charge < -0.3 is 24.4 Å². The SMILES string of the molecule is COC(=O)CCCP(=O)(O)CC[C@H](NC(=O)OCc1ccccc1)C(=O)OC. The van der Waals surface area contributed by atoms with Gasteiger partial charge in [-0.05, 0) is 18.4 Å². The molecule has 1 aromatic carbocycles. The Morgan fingerprint density at radius 3 is 2.39 bits per heavy atom. The second kappa shape index (κ2) is 12.2. The number of amides is 1. The fourth-order valence-corrected chi connectivity index (χ4v) is 3.85. The molecule has 0 aliphatic carbocycles. The van der Waals surface area contributed by atoms with Crippen LogP contribution in [0.4, 0.5) is 4.79 Å². The summed E-state index contributed by atoms with van der Waals surface area (Å²) < 4.78 is 26.4. The average Bonchev–Trinajstić information content (AvgIpc) is 2.69. The molecule has 0 saturated heterocycles. The smallest absolute Gasteiger partial charge is 0.408 e. The summed E-state index contributed by atoms with van der Waals surface area (Å²) in [6.07, 6.45) is -1.01. The number of benzene rings is 1. The molecule has 1 aromatic rings. The van der Waals surface area contributed by atoms with Crippen LogP contribution in [0.2, 0.25) is 0 Å². The van der Waals surface area contributed by atoms with Crippen LogP contribution >= 0.6 is 7.37 Å². The van der Waals surface area contributed by atoms with Crippen molar-refractivity contribution >= 4 is 25.4 Å². The summed E-state index contributed by atoms with van der Waals surface area (Å²) in [6, 6.07) is 7.87. The Labute approximate surface area is 163 Å². The minimum atomic E-state index is -3.58. The van der Waals surface area contributed by atoms with Gasteiger partial charge in [0.2, 0.25) is 7.37 Å². The molecule has 156 valence electrons. The molecule has 0 aliphatic heterocycles. The lowest BCUT2D eigenvalue weighted by Crippen LogP contribution is -2.42. The van der Waals surface area contributed by atoms with Gasteiger partial charge in [-0.2, -0.15) is 0 Å². The first-order chi connectivity index (χ1) is 13.3. The Hall–Kier alpha value is -2.38. The lowest BCUT2D eigenvalue weighted by atomic mass is 10.2. The van der Waals surface area contributed by atoms with Crippen molar-refractivity contribution in [3.8, 4) is 0 Å². The van der Waals surface area contributed by atoms with Gasteiger partial charge in [0, 0.05) is 18.7 Å². The monoisotopic (exact) mass is 415 g/mol. The predicted octanol–water partition coefficient (Wildman–Crippen LogP) is 2.07. The second-order valence-electron chi connectivity index (χ2n) is 6.04. The minimum absolute atomic E-state index is 0.0204. The molecule has 0 aromatic heterocycles. The molecule has 0 fully saturated rings. The van der Waals surface area contributed by atoms with Crippen LogP contribution in [0, 0.1) is 0 Å². The predicted molar refractivity (Wildman–Crippen MR) is 101 cm³/mol. The summed E-state index contributed by atoms with van der Waals surface area (Å²) in [4.78, 5) is 44.8. The molecule has 0 radical (unpaired) electrons. The molecule has 1 unspecified atom stereocenters. The van der Waals surface area contributed by atoms with Crippen LogP contribution in [0.1, 0.15) is 24.8 Å². The molecular formula is C18H26NO8P. The van der Waals surface area contributed by atoms with Gasteiger partial charge >= 0.3 is 18.0 Å². The average molecular weight is 415 g/mol. The second-order valence-corrected chi connectivity index (χ2v) is 8.63. The van der Waals surface area contributed by atoms with E-state index in [9.17, 15) is 23.8 Å². The number of carbonyl (C=O) groups is 3. The van der Waals surface area contributed by atoms with Crippen LogP contribution in [0.25, 0.3) is 0 Å². The highest BCUT2D eigenvalue weighted by atomic mass is 31.2. The van der Waals surface area contributed by atoms with Crippen molar-refractivity contribution in [3.63, 3.8) is 0 Å². The number of hydrogen-bond donors (Lipinski definition) is 2. The Kier molecular flexibility index (Phi) is 10.3. The number of alkyl carbamates (subject to hydrolysis) is 1. The van der Waals surface area contributed by atoms with E-state index in [2.05, 4.69) is 14.8 Å². The van der Waals surface area contributed by atoms with E-state index in [0.29, 0.717) is 0 Å². The zero-order valence-corrected chi connectivity index (χ0v) is 16.9. The van der Waals surface area contributed by atoms with Crippen molar-refractivity contribution in [2.75, 3.05) is 26.5 Å². The Bertz CT molecular complexity index is 694. The van der Waals surface area contributed by atoms with E-state index in [4.69, 9.17) is 4.74 Å². The summed E-state index contributed by atoms with van der Waals surface area (Å²) in [6.45, 7) is 0.0204. The maximum atomic E-state index is 12.2. The van der Waals surface area contributed by atoms with Gasteiger partial charge in [0.1, 0.15) is 12.6 Å². The number of ether oxygens (including phenoxy) is 3. The first kappa shape index (κ1) is 23.7. The number of rotatable bonds is 11. The first-order valence-electron chi connectivity index (χ1n) is 8.70. The lowest BCUT2D eigenvalue weighted by molar-refractivity contribution is -0.143. The van der Waals surface area contributed by atoms with E-state index in [1.165, 1.54) is 7.11 Å². The molecule has 0 spiro atoms. The number of nitrogens with one attached hydrogen (secondary N) is 1. The summed E-state index contributed by atoms with van der Waals surface area (Å²) in [7, 11) is -1.18. The summed E-state index contributed by atoms with van der Waals surface area (Å²) in [5.41, 5.74) is 0.776. The normalized spacial score (nSPS) is 13.7. The minimum Gasteiger partial charge on any atom is -0.469 e. The highest BCUT2D eigenvalue weighted by Crippen LogP contribution is 2.42. The molecule has 2 atom stereocenters. The van der Waals surface area contributed by atoms with Crippen molar-refractivity contribution in [2.45, 2.75) is 31.9 Å². The molecule has 10 heteroatoms. The van der Waals surface area contributed by atoms with Crippen LogP contribution in [0.5, 0.6) is 0 Å². The van der Waals surface area contributed by atoms with Crippen molar-refractivity contribution in [1.29, 1.82) is 0 Å². The molecule has 0 aliphatic rings. The third kappa shape index (κ3) is 9.53. The Balaban J connectivity index is 2.51. The van der Waals surface area contributed by atoms with Crippen LogP contribution < -0.4 is 5.32 Å². The van der Waals surface area contributed by atoms with Gasteiger partial charge in [-0.15, -0.1) is 0 Å². The molecule has 9 nitrogen and oxygen atoms in total. The zero-order valence-electron chi connectivity index (χ0n) is 16.0. The van der Waals surface area contributed by atoms with E-state index in [-0.39, 0.29) is 38.2 Å². The quantitative estimate of drug-likeness (QED) is 0.319. The van der Waals surface area contributed by atoms with Crippen LogP contribution in [-0.4, -0.2) is 55.5 Å². The van der Waals surface area contributed by atoms with E-state index < -0.39 is 31.4 Å². The molecule has 1 rings (SSSR count). The van der Waals surface area contributed by atoms with E-state index >= 15 is 0 Å². The van der Waals surface area contributed by atoms with Gasteiger partial charge in [-0.3, -0.25) is 9.36 Å².